The van der Waals surface area contributed by atoms with Crippen LogP contribution in [0.15, 0.2) is 60.2 Å². The van der Waals surface area contributed by atoms with Crippen LogP contribution in [0.4, 0.5) is 4.39 Å². The van der Waals surface area contributed by atoms with E-state index in [2.05, 4.69) is 0 Å². The van der Waals surface area contributed by atoms with Crippen LogP contribution in [0.3, 0.4) is 0 Å². The lowest BCUT2D eigenvalue weighted by Gasteiger charge is -2.26. The molecule has 1 amide bonds. The summed E-state index contributed by atoms with van der Waals surface area (Å²) >= 11 is 0. The molecule has 0 saturated carbocycles. The number of carbonyl (C=O) groups is 2. The third-order valence-electron chi connectivity index (χ3n) is 4.21. The molecule has 0 radical (unpaired) electrons. The molecule has 2 aromatic carbocycles. The fourth-order valence-corrected chi connectivity index (χ4v) is 3.13. The molecule has 2 N–H and O–H groups in total. The molecule has 2 aromatic rings. The minimum absolute atomic E-state index is 0.114. The Labute approximate surface area is 150 Å². The number of aliphatic hydroxyl groups excluding tert-OH is 2. The van der Waals surface area contributed by atoms with Gasteiger partial charge in [0.2, 0.25) is 0 Å². The van der Waals surface area contributed by atoms with Crippen LogP contribution in [0.25, 0.3) is 5.76 Å². The first-order valence-corrected chi connectivity index (χ1v) is 8.17. The van der Waals surface area contributed by atoms with Crippen molar-refractivity contribution in [1.29, 1.82) is 0 Å². The first kappa shape index (κ1) is 17.8. The van der Waals surface area contributed by atoms with Gasteiger partial charge in [-0.3, -0.25) is 9.59 Å². The Kier molecular flexibility index (Phi) is 4.86. The topological polar surface area (TPSA) is 77.8 Å². The normalized spacial score (nSPS) is 20.4. The van der Waals surface area contributed by atoms with Gasteiger partial charge in [0.15, 0.2) is 0 Å². The number of nitrogens with zero attached hydrogens (tertiary/aromatic N) is 1. The number of Topliss-reactive ketones (excluding diaryl/α,β-unsaturated/α-hetero) is 1. The van der Waals surface area contributed by atoms with Crippen molar-refractivity contribution in [2.45, 2.75) is 19.1 Å². The second kappa shape index (κ2) is 7.09. The van der Waals surface area contributed by atoms with Crippen molar-refractivity contribution in [1.82, 2.24) is 4.90 Å². The molecule has 2 atom stereocenters. The van der Waals surface area contributed by atoms with Gasteiger partial charge in [0.1, 0.15) is 11.6 Å². The number of carbonyl (C=O) groups excluding carboxylic acids is 2. The summed E-state index contributed by atoms with van der Waals surface area (Å²) in [7, 11) is 0. The molecule has 0 aromatic heterocycles. The highest BCUT2D eigenvalue weighted by Gasteiger charge is 2.46. The smallest absolute Gasteiger partial charge is 0.295 e. The molecule has 1 aliphatic rings. The quantitative estimate of drug-likeness (QED) is 0.502. The highest BCUT2D eigenvalue weighted by molar-refractivity contribution is 6.46. The van der Waals surface area contributed by atoms with E-state index in [9.17, 15) is 24.2 Å². The molecule has 6 heteroatoms. The number of likely N-dealkylation sites (tertiary alicyclic amines) is 1. The van der Waals surface area contributed by atoms with Crippen LogP contribution in [0.1, 0.15) is 24.1 Å². The van der Waals surface area contributed by atoms with Crippen LogP contribution in [0.5, 0.6) is 0 Å². The number of hydrogen-bond acceptors (Lipinski definition) is 4. The van der Waals surface area contributed by atoms with E-state index < -0.39 is 29.7 Å². The van der Waals surface area contributed by atoms with E-state index in [0.29, 0.717) is 11.1 Å². The number of hydrogen-bond donors (Lipinski definition) is 2. The summed E-state index contributed by atoms with van der Waals surface area (Å²) in [5.41, 5.74) is 0.610. The fourth-order valence-electron chi connectivity index (χ4n) is 3.13. The average molecular weight is 355 g/mol. The highest BCUT2D eigenvalue weighted by atomic mass is 19.1. The van der Waals surface area contributed by atoms with Gasteiger partial charge in [-0.15, -0.1) is 0 Å². The van der Waals surface area contributed by atoms with Crippen LogP contribution in [0, 0.1) is 5.82 Å². The van der Waals surface area contributed by atoms with Crippen LogP contribution < -0.4 is 0 Å². The molecule has 0 bridgehead atoms. The maximum absolute atomic E-state index is 13.7. The molecule has 5 nitrogen and oxygen atoms in total. The molecule has 0 spiro atoms. The third kappa shape index (κ3) is 3.23. The number of halogens is 1. The van der Waals surface area contributed by atoms with Crippen molar-refractivity contribution in [3.8, 4) is 0 Å². The molecular formula is C20H18FNO4. The zero-order valence-electron chi connectivity index (χ0n) is 14.1. The minimum Gasteiger partial charge on any atom is -0.507 e. The Morgan fingerprint density at radius 1 is 1.15 bits per heavy atom. The summed E-state index contributed by atoms with van der Waals surface area (Å²) in [5, 5.41) is 20.4. The molecule has 2 unspecified atom stereocenters. The third-order valence-corrected chi connectivity index (χ3v) is 4.21. The molecule has 1 saturated heterocycles. The van der Waals surface area contributed by atoms with Crippen molar-refractivity contribution in [3.63, 3.8) is 0 Å². The summed E-state index contributed by atoms with van der Waals surface area (Å²) < 4.78 is 13.7. The predicted octanol–water partition coefficient (Wildman–Crippen LogP) is 2.63. The van der Waals surface area contributed by atoms with Gasteiger partial charge < -0.3 is 15.1 Å². The van der Waals surface area contributed by atoms with Crippen molar-refractivity contribution >= 4 is 17.4 Å². The van der Waals surface area contributed by atoms with E-state index in [1.165, 1.54) is 25.1 Å². The lowest BCUT2D eigenvalue weighted by molar-refractivity contribution is -0.140. The van der Waals surface area contributed by atoms with Gasteiger partial charge in [0.05, 0.1) is 17.7 Å². The van der Waals surface area contributed by atoms with Gasteiger partial charge in [-0.1, -0.05) is 42.5 Å². The first-order chi connectivity index (χ1) is 12.4. The zero-order valence-corrected chi connectivity index (χ0v) is 14.1. The second-order valence-corrected chi connectivity index (χ2v) is 6.22. The predicted molar refractivity (Wildman–Crippen MR) is 93.5 cm³/mol. The second-order valence-electron chi connectivity index (χ2n) is 6.22. The van der Waals surface area contributed by atoms with Gasteiger partial charge in [-0.05, 0) is 24.6 Å². The van der Waals surface area contributed by atoms with Gasteiger partial charge >= 0.3 is 0 Å². The van der Waals surface area contributed by atoms with Crippen LogP contribution in [-0.2, 0) is 9.59 Å². The number of benzene rings is 2. The van der Waals surface area contributed by atoms with Crippen molar-refractivity contribution in [3.05, 3.63) is 77.1 Å². The molecular weight excluding hydrogens is 337 g/mol. The molecule has 26 heavy (non-hydrogen) atoms. The largest absolute Gasteiger partial charge is 0.507 e. The number of aliphatic hydroxyl groups is 2. The first-order valence-electron chi connectivity index (χ1n) is 8.17. The maximum atomic E-state index is 13.7. The van der Waals surface area contributed by atoms with Crippen LogP contribution >= 0.6 is 0 Å². The molecule has 1 aliphatic heterocycles. The Morgan fingerprint density at radius 3 is 2.46 bits per heavy atom. The Hall–Kier alpha value is -2.99. The number of β-amino-alcohol motifs (C(OH)–C–C–N with tert-alkyl or cyclic N) is 1. The lowest BCUT2D eigenvalue weighted by atomic mass is 9.95. The zero-order chi connectivity index (χ0) is 18.8. The maximum Gasteiger partial charge on any atom is 0.295 e. The Balaban J connectivity index is 2.20. The summed E-state index contributed by atoms with van der Waals surface area (Å²) in [6.07, 6.45) is -0.888. The van der Waals surface area contributed by atoms with Crippen LogP contribution in [0.2, 0.25) is 0 Å². The van der Waals surface area contributed by atoms with Gasteiger partial charge in [0, 0.05) is 12.1 Å². The van der Waals surface area contributed by atoms with E-state index in [-0.39, 0.29) is 17.9 Å². The molecule has 134 valence electrons. The van der Waals surface area contributed by atoms with Crippen molar-refractivity contribution in [2.24, 2.45) is 0 Å². The number of ketones is 1. The van der Waals surface area contributed by atoms with Crippen molar-refractivity contribution < 1.29 is 24.2 Å². The standard InChI is InChI=1S/C20H18FNO4/c1-12(23)11-22-17(14-8-5-9-15(21)10-14)16(19(25)20(22)26)18(24)13-6-3-2-4-7-13/h2-10,12,17,23-24H,11H2,1H3. The molecule has 3 rings (SSSR count). The number of amides is 1. The van der Waals surface area contributed by atoms with E-state index in [1.807, 2.05) is 0 Å². The van der Waals surface area contributed by atoms with Crippen molar-refractivity contribution in [2.75, 3.05) is 6.54 Å². The Morgan fingerprint density at radius 2 is 1.85 bits per heavy atom. The Bertz CT molecular complexity index is 876. The van der Waals surface area contributed by atoms with E-state index in [0.717, 1.165) is 4.90 Å². The lowest BCUT2D eigenvalue weighted by Crippen LogP contribution is -2.35. The summed E-state index contributed by atoms with van der Waals surface area (Å²) in [4.78, 5) is 26.2. The summed E-state index contributed by atoms with van der Waals surface area (Å²) in [6, 6.07) is 12.9. The van der Waals surface area contributed by atoms with E-state index in [4.69, 9.17) is 0 Å². The fraction of sp³-hybridized carbons (Fsp3) is 0.200. The summed E-state index contributed by atoms with van der Waals surface area (Å²) in [5.74, 6) is -2.55. The van der Waals surface area contributed by atoms with Gasteiger partial charge in [-0.25, -0.2) is 4.39 Å². The highest BCUT2D eigenvalue weighted by Crippen LogP contribution is 2.39. The van der Waals surface area contributed by atoms with E-state index in [1.54, 1.807) is 36.4 Å². The molecule has 0 aliphatic carbocycles. The minimum atomic E-state index is -0.972. The average Bonchev–Trinajstić information content (AvgIpc) is 2.86. The van der Waals surface area contributed by atoms with Crippen LogP contribution in [-0.4, -0.2) is 39.5 Å². The number of rotatable bonds is 4. The van der Waals surface area contributed by atoms with Gasteiger partial charge in [-0.2, -0.15) is 0 Å². The molecule has 1 fully saturated rings. The van der Waals surface area contributed by atoms with E-state index >= 15 is 0 Å². The summed E-state index contributed by atoms with van der Waals surface area (Å²) in [6.45, 7) is 1.37. The molecule has 1 heterocycles. The monoisotopic (exact) mass is 355 g/mol. The SMILES string of the molecule is CC(O)CN1C(=O)C(=O)C(=C(O)c2ccccc2)C1c1cccc(F)c1. The van der Waals surface area contributed by atoms with Gasteiger partial charge in [0.25, 0.3) is 11.7 Å².